The number of nitrogens with zero attached hydrogens (tertiary/aromatic N) is 2. The number of allylic oxidation sites excluding steroid dienone is 1. The number of rotatable bonds is 2. The molecule has 1 aromatic rings. The summed E-state index contributed by atoms with van der Waals surface area (Å²) >= 11 is 1.24. The smallest absolute Gasteiger partial charge is 0.127 e. The molecule has 0 radical (unpaired) electrons. The molecule has 3 nitrogen and oxygen atoms in total. The van der Waals surface area contributed by atoms with E-state index in [1.807, 2.05) is 6.07 Å². The van der Waals surface area contributed by atoms with Crippen LogP contribution in [0.2, 0.25) is 0 Å². The number of nitroso groups, excluding NO2 is 1. The van der Waals surface area contributed by atoms with Gasteiger partial charge >= 0.3 is 0 Å². The molecule has 1 heterocycles. The first-order valence-corrected chi connectivity index (χ1v) is 4.04. The zero-order valence-electron chi connectivity index (χ0n) is 6.50. The van der Waals surface area contributed by atoms with Crippen molar-refractivity contribution < 1.29 is 0 Å². The van der Waals surface area contributed by atoms with E-state index in [0.717, 1.165) is 5.57 Å². The summed E-state index contributed by atoms with van der Waals surface area (Å²) < 4.78 is 0. The number of thiophene rings is 1. The van der Waals surface area contributed by atoms with Gasteiger partial charge in [-0.25, -0.2) is 0 Å². The Balaban J connectivity index is 3.28. The minimum atomic E-state index is 0.309. The van der Waals surface area contributed by atoms with Crippen LogP contribution in [-0.2, 0) is 0 Å². The molecule has 0 N–H and O–H groups in total. The van der Waals surface area contributed by atoms with Crippen molar-refractivity contribution in [3.8, 4) is 6.07 Å². The minimum Gasteiger partial charge on any atom is -0.192 e. The predicted molar refractivity (Wildman–Crippen MR) is 49.2 cm³/mol. The van der Waals surface area contributed by atoms with Crippen LogP contribution in [0.4, 0.5) is 5.69 Å². The average molecular weight is 178 g/mol. The quantitative estimate of drug-likeness (QED) is 0.653. The van der Waals surface area contributed by atoms with Crippen molar-refractivity contribution in [3.63, 3.8) is 0 Å². The fourth-order valence-electron chi connectivity index (χ4n) is 0.810. The summed E-state index contributed by atoms with van der Waals surface area (Å²) in [6, 6.07) is 3.43. The molecule has 0 aliphatic carbocycles. The molecule has 0 aromatic carbocycles. The van der Waals surface area contributed by atoms with Gasteiger partial charge in [0, 0.05) is 0 Å². The highest BCUT2D eigenvalue weighted by atomic mass is 32.1. The Labute approximate surface area is 73.9 Å². The molecule has 0 aliphatic rings. The molecular weight excluding hydrogens is 172 g/mol. The van der Waals surface area contributed by atoms with Crippen molar-refractivity contribution in [2.75, 3.05) is 0 Å². The Morgan fingerprint density at radius 3 is 2.83 bits per heavy atom. The molecule has 0 amide bonds. The van der Waals surface area contributed by atoms with E-state index < -0.39 is 0 Å². The van der Waals surface area contributed by atoms with Crippen LogP contribution in [0, 0.1) is 16.2 Å². The molecule has 0 saturated carbocycles. The second kappa shape index (κ2) is 3.28. The van der Waals surface area contributed by atoms with Crippen LogP contribution in [-0.4, -0.2) is 0 Å². The van der Waals surface area contributed by atoms with E-state index in [4.69, 9.17) is 5.26 Å². The second-order valence-electron chi connectivity index (χ2n) is 2.31. The van der Waals surface area contributed by atoms with Crippen molar-refractivity contribution in [3.05, 3.63) is 27.3 Å². The molecule has 0 aliphatic heterocycles. The molecule has 0 atom stereocenters. The molecule has 0 saturated heterocycles. The highest BCUT2D eigenvalue weighted by Crippen LogP contribution is 2.33. The molecule has 0 fully saturated rings. The van der Waals surface area contributed by atoms with E-state index in [0.29, 0.717) is 15.4 Å². The van der Waals surface area contributed by atoms with Gasteiger partial charge in [-0.1, -0.05) is 6.58 Å². The topological polar surface area (TPSA) is 53.2 Å². The van der Waals surface area contributed by atoms with Crippen molar-refractivity contribution in [2.45, 2.75) is 6.92 Å². The van der Waals surface area contributed by atoms with E-state index in [-0.39, 0.29) is 0 Å². The Hall–Kier alpha value is -1.47. The van der Waals surface area contributed by atoms with Gasteiger partial charge in [0.15, 0.2) is 0 Å². The van der Waals surface area contributed by atoms with Gasteiger partial charge in [-0.15, -0.1) is 16.2 Å². The lowest BCUT2D eigenvalue weighted by Crippen LogP contribution is -1.66. The zero-order chi connectivity index (χ0) is 9.14. The molecule has 0 spiro atoms. The standard InChI is InChI=1S/C8H6N2OS/c1-5(2)8-7(10-11)3-6(4-9)12-8/h3H,1H2,2H3. The Kier molecular flexibility index (Phi) is 2.36. The number of hydrogen-bond donors (Lipinski definition) is 0. The summed E-state index contributed by atoms with van der Waals surface area (Å²) in [6.45, 7) is 5.46. The van der Waals surface area contributed by atoms with Crippen LogP contribution in [0.5, 0.6) is 0 Å². The minimum absolute atomic E-state index is 0.309. The lowest BCUT2D eigenvalue weighted by molar-refractivity contribution is 1.50. The van der Waals surface area contributed by atoms with Gasteiger partial charge in [0.2, 0.25) is 0 Å². The zero-order valence-corrected chi connectivity index (χ0v) is 7.31. The largest absolute Gasteiger partial charge is 0.192 e. The fraction of sp³-hybridized carbons (Fsp3) is 0.125. The lowest BCUT2D eigenvalue weighted by atomic mass is 10.2. The fourth-order valence-corrected chi connectivity index (χ4v) is 1.62. The molecule has 1 aromatic heterocycles. The van der Waals surface area contributed by atoms with Crippen molar-refractivity contribution in [1.82, 2.24) is 0 Å². The first kappa shape index (κ1) is 8.62. The highest BCUT2D eigenvalue weighted by molar-refractivity contribution is 7.14. The molecule has 4 heteroatoms. The third-order valence-corrected chi connectivity index (χ3v) is 2.50. The monoisotopic (exact) mass is 178 g/mol. The van der Waals surface area contributed by atoms with Crippen molar-refractivity contribution in [2.24, 2.45) is 5.18 Å². The van der Waals surface area contributed by atoms with E-state index in [1.165, 1.54) is 17.4 Å². The molecule has 60 valence electrons. The van der Waals surface area contributed by atoms with Crippen molar-refractivity contribution in [1.29, 1.82) is 5.26 Å². The average Bonchev–Trinajstić information content (AvgIpc) is 2.47. The third kappa shape index (κ3) is 1.41. The molecular formula is C8H6N2OS. The molecule has 1 rings (SSSR count). The first-order valence-electron chi connectivity index (χ1n) is 3.22. The van der Waals surface area contributed by atoms with Crippen LogP contribution in [0.1, 0.15) is 16.7 Å². The van der Waals surface area contributed by atoms with Crippen LogP contribution < -0.4 is 0 Å². The van der Waals surface area contributed by atoms with Gasteiger partial charge in [-0.05, 0) is 23.7 Å². The number of nitriles is 1. The molecule has 0 unspecified atom stereocenters. The summed E-state index contributed by atoms with van der Waals surface area (Å²) in [5.41, 5.74) is 1.07. The van der Waals surface area contributed by atoms with E-state index in [9.17, 15) is 4.91 Å². The van der Waals surface area contributed by atoms with Gasteiger partial charge in [0.25, 0.3) is 0 Å². The van der Waals surface area contributed by atoms with Crippen LogP contribution in [0.3, 0.4) is 0 Å². The summed E-state index contributed by atoms with van der Waals surface area (Å²) in [4.78, 5) is 11.5. The summed E-state index contributed by atoms with van der Waals surface area (Å²) in [7, 11) is 0. The Morgan fingerprint density at radius 1 is 1.83 bits per heavy atom. The van der Waals surface area contributed by atoms with Gasteiger partial charge in [-0.2, -0.15) is 5.26 Å². The maximum atomic E-state index is 10.3. The first-order chi connectivity index (χ1) is 5.69. The van der Waals surface area contributed by atoms with Crippen molar-refractivity contribution >= 4 is 22.6 Å². The Bertz CT molecular complexity index is 373. The van der Waals surface area contributed by atoms with Crippen LogP contribution in [0.25, 0.3) is 5.57 Å². The normalized spacial score (nSPS) is 9.00. The number of hydrogen-bond acceptors (Lipinski definition) is 4. The van der Waals surface area contributed by atoms with E-state index in [2.05, 4.69) is 11.8 Å². The molecule has 0 bridgehead atoms. The third-order valence-electron chi connectivity index (χ3n) is 1.31. The van der Waals surface area contributed by atoms with Crippen LogP contribution >= 0.6 is 11.3 Å². The second-order valence-corrected chi connectivity index (χ2v) is 3.36. The Morgan fingerprint density at radius 2 is 2.50 bits per heavy atom. The van der Waals surface area contributed by atoms with Gasteiger partial charge in [0.1, 0.15) is 16.6 Å². The maximum absolute atomic E-state index is 10.3. The van der Waals surface area contributed by atoms with Gasteiger partial charge in [0.05, 0.1) is 4.88 Å². The maximum Gasteiger partial charge on any atom is 0.127 e. The predicted octanol–water partition coefficient (Wildman–Crippen LogP) is 3.05. The lowest BCUT2D eigenvalue weighted by Gasteiger charge is -1.91. The highest BCUT2D eigenvalue weighted by Gasteiger charge is 2.09. The van der Waals surface area contributed by atoms with Crippen LogP contribution in [0.15, 0.2) is 17.8 Å². The van der Waals surface area contributed by atoms with Gasteiger partial charge in [-0.3, -0.25) is 0 Å². The summed E-state index contributed by atoms with van der Waals surface area (Å²) in [5, 5.41) is 11.3. The summed E-state index contributed by atoms with van der Waals surface area (Å²) in [6.07, 6.45) is 0. The van der Waals surface area contributed by atoms with E-state index >= 15 is 0 Å². The SMILES string of the molecule is C=C(C)c1sc(C#N)cc1N=O. The van der Waals surface area contributed by atoms with E-state index in [1.54, 1.807) is 6.92 Å². The molecule has 12 heavy (non-hydrogen) atoms. The van der Waals surface area contributed by atoms with Gasteiger partial charge < -0.3 is 0 Å². The summed E-state index contributed by atoms with van der Waals surface area (Å²) in [5.74, 6) is 0.